The molecule has 8 heteroatoms. The summed E-state index contributed by atoms with van der Waals surface area (Å²) in [5, 5.41) is 5.14. The second-order valence-electron chi connectivity index (χ2n) is 5.64. The van der Waals surface area contributed by atoms with Gasteiger partial charge < -0.3 is 25.8 Å². The smallest absolute Gasteiger partial charge is 0.251 e. The van der Waals surface area contributed by atoms with E-state index in [2.05, 4.69) is 10.6 Å². The lowest BCUT2D eigenvalue weighted by atomic mass is 10.1. The Kier molecular flexibility index (Phi) is 6.76. The van der Waals surface area contributed by atoms with Crippen molar-refractivity contribution in [3.63, 3.8) is 0 Å². The Bertz CT molecular complexity index is 834. The molecule has 0 bridgehead atoms. The first-order valence-electron chi connectivity index (χ1n) is 8.10. The van der Waals surface area contributed by atoms with Gasteiger partial charge in [0.15, 0.2) is 11.5 Å². The van der Waals surface area contributed by atoms with Crippen LogP contribution in [-0.4, -0.2) is 38.5 Å². The molecule has 0 aliphatic rings. The van der Waals surface area contributed by atoms with Crippen LogP contribution in [0.4, 0.5) is 5.69 Å². The van der Waals surface area contributed by atoms with E-state index in [4.69, 9.17) is 15.2 Å². The van der Waals surface area contributed by atoms with Gasteiger partial charge in [0.1, 0.15) is 0 Å². The van der Waals surface area contributed by atoms with Gasteiger partial charge in [0.2, 0.25) is 11.8 Å². The van der Waals surface area contributed by atoms with Gasteiger partial charge in [-0.25, -0.2) is 0 Å². The largest absolute Gasteiger partial charge is 0.493 e. The third-order valence-corrected chi connectivity index (χ3v) is 3.67. The zero-order chi connectivity index (χ0) is 19.8. The van der Waals surface area contributed by atoms with Crippen LogP contribution in [0.25, 0.3) is 0 Å². The van der Waals surface area contributed by atoms with Crippen molar-refractivity contribution >= 4 is 23.4 Å². The average molecular weight is 371 g/mol. The molecule has 0 atom stereocenters. The highest BCUT2D eigenvalue weighted by Crippen LogP contribution is 2.27. The Morgan fingerprint density at radius 2 is 1.63 bits per heavy atom. The van der Waals surface area contributed by atoms with Gasteiger partial charge in [-0.2, -0.15) is 0 Å². The van der Waals surface area contributed by atoms with Crippen molar-refractivity contribution in [2.45, 2.75) is 6.42 Å². The van der Waals surface area contributed by atoms with E-state index >= 15 is 0 Å². The number of benzene rings is 2. The molecule has 2 rings (SSSR count). The Morgan fingerprint density at radius 1 is 0.963 bits per heavy atom. The summed E-state index contributed by atoms with van der Waals surface area (Å²) in [5.74, 6) is -0.117. The molecule has 0 saturated heterocycles. The molecular weight excluding hydrogens is 350 g/mol. The van der Waals surface area contributed by atoms with Crippen LogP contribution < -0.4 is 25.8 Å². The van der Waals surface area contributed by atoms with Crippen molar-refractivity contribution < 1.29 is 23.9 Å². The van der Waals surface area contributed by atoms with Crippen molar-refractivity contribution in [3.05, 3.63) is 53.6 Å². The number of carbonyl (C=O) groups excluding carboxylic acids is 3. The van der Waals surface area contributed by atoms with Crippen LogP contribution in [0.2, 0.25) is 0 Å². The quantitative estimate of drug-likeness (QED) is 0.642. The number of carbonyl (C=O) groups is 3. The van der Waals surface area contributed by atoms with Gasteiger partial charge in [-0.15, -0.1) is 0 Å². The zero-order valence-corrected chi connectivity index (χ0v) is 15.1. The zero-order valence-electron chi connectivity index (χ0n) is 15.1. The van der Waals surface area contributed by atoms with Gasteiger partial charge in [-0.1, -0.05) is 6.07 Å². The predicted octanol–water partition coefficient (Wildman–Crippen LogP) is 1.10. The van der Waals surface area contributed by atoms with Crippen LogP contribution in [0.1, 0.15) is 15.9 Å². The fourth-order valence-corrected chi connectivity index (χ4v) is 2.36. The average Bonchev–Trinajstić information content (AvgIpc) is 2.66. The SMILES string of the molecule is COc1ccc(CC(=O)Nc2ccc(C(=O)NCC(N)=O)cc2)cc1OC. The third-order valence-electron chi connectivity index (χ3n) is 3.67. The number of anilines is 1. The summed E-state index contributed by atoms with van der Waals surface area (Å²) in [7, 11) is 3.07. The maximum atomic E-state index is 12.2. The highest BCUT2D eigenvalue weighted by atomic mass is 16.5. The van der Waals surface area contributed by atoms with E-state index in [0.29, 0.717) is 22.7 Å². The van der Waals surface area contributed by atoms with Crippen LogP contribution >= 0.6 is 0 Å². The first kappa shape index (κ1) is 19.8. The Balaban J connectivity index is 1.96. The number of primary amides is 1. The van der Waals surface area contributed by atoms with Gasteiger partial charge in [-0.3, -0.25) is 14.4 Å². The summed E-state index contributed by atoms with van der Waals surface area (Å²) in [6.07, 6.45) is 0.154. The minimum atomic E-state index is -0.623. The Hall–Kier alpha value is -3.55. The summed E-state index contributed by atoms with van der Waals surface area (Å²) >= 11 is 0. The van der Waals surface area contributed by atoms with Crippen LogP contribution in [0.3, 0.4) is 0 Å². The number of hydrogen-bond donors (Lipinski definition) is 3. The molecule has 3 amide bonds. The maximum absolute atomic E-state index is 12.2. The molecule has 2 aromatic carbocycles. The van der Waals surface area contributed by atoms with Crippen molar-refractivity contribution in [1.29, 1.82) is 0 Å². The molecule has 2 aromatic rings. The number of ether oxygens (including phenoxy) is 2. The molecule has 0 aromatic heterocycles. The van der Waals surface area contributed by atoms with Gasteiger partial charge in [-0.05, 0) is 42.0 Å². The lowest BCUT2D eigenvalue weighted by Crippen LogP contribution is -2.33. The second kappa shape index (κ2) is 9.23. The molecule has 0 fully saturated rings. The van der Waals surface area contributed by atoms with E-state index in [1.54, 1.807) is 49.6 Å². The fraction of sp³-hybridized carbons (Fsp3) is 0.211. The Labute approximate surface area is 156 Å². The summed E-state index contributed by atoms with van der Waals surface area (Å²) in [6.45, 7) is -0.233. The highest BCUT2D eigenvalue weighted by molar-refractivity contribution is 5.97. The van der Waals surface area contributed by atoms with Crippen LogP contribution in [0.5, 0.6) is 11.5 Å². The van der Waals surface area contributed by atoms with Gasteiger partial charge >= 0.3 is 0 Å². The Morgan fingerprint density at radius 3 is 2.22 bits per heavy atom. The number of hydrogen-bond acceptors (Lipinski definition) is 5. The molecular formula is C19H21N3O5. The van der Waals surface area contributed by atoms with Crippen LogP contribution in [0.15, 0.2) is 42.5 Å². The van der Waals surface area contributed by atoms with E-state index in [-0.39, 0.29) is 18.9 Å². The lowest BCUT2D eigenvalue weighted by Gasteiger charge is -2.10. The van der Waals surface area contributed by atoms with Crippen molar-refractivity contribution in [1.82, 2.24) is 5.32 Å². The van der Waals surface area contributed by atoms with Crippen molar-refractivity contribution in [3.8, 4) is 11.5 Å². The van der Waals surface area contributed by atoms with E-state index in [1.165, 1.54) is 7.11 Å². The molecule has 0 unspecified atom stereocenters. The number of nitrogens with two attached hydrogens (primary N) is 1. The first-order chi connectivity index (χ1) is 12.9. The summed E-state index contributed by atoms with van der Waals surface area (Å²) in [4.78, 5) is 34.7. The summed E-state index contributed by atoms with van der Waals surface area (Å²) in [5.41, 5.74) is 6.65. The normalized spacial score (nSPS) is 10.0. The molecule has 8 nitrogen and oxygen atoms in total. The highest BCUT2D eigenvalue weighted by Gasteiger charge is 2.10. The lowest BCUT2D eigenvalue weighted by molar-refractivity contribution is -0.117. The van der Waals surface area contributed by atoms with Gasteiger partial charge in [0.05, 0.1) is 27.2 Å². The van der Waals surface area contributed by atoms with Gasteiger partial charge in [0.25, 0.3) is 5.91 Å². The van der Waals surface area contributed by atoms with Crippen molar-refractivity contribution in [2.75, 3.05) is 26.1 Å². The van der Waals surface area contributed by atoms with E-state index in [0.717, 1.165) is 5.56 Å². The molecule has 0 heterocycles. The molecule has 142 valence electrons. The first-order valence-corrected chi connectivity index (χ1v) is 8.10. The minimum absolute atomic E-state index is 0.154. The van der Waals surface area contributed by atoms with Crippen molar-refractivity contribution in [2.24, 2.45) is 5.73 Å². The topological polar surface area (TPSA) is 120 Å². The summed E-state index contributed by atoms with van der Waals surface area (Å²) in [6, 6.07) is 11.6. The van der Waals surface area contributed by atoms with Crippen LogP contribution in [0, 0.1) is 0 Å². The summed E-state index contributed by atoms with van der Waals surface area (Å²) < 4.78 is 10.4. The molecule has 0 spiro atoms. The number of methoxy groups -OCH3 is 2. The maximum Gasteiger partial charge on any atom is 0.251 e. The number of rotatable bonds is 8. The molecule has 0 aliphatic carbocycles. The van der Waals surface area contributed by atoms with E-state index in [1.807, 2.05) is 0 Å². The molecule has 4 N–H and O–H groups in total. The molecule has 27 heavy (non-hydrogen) atoms. The minimum Gasteiger partial charge on any atom is -0.493 e. The molecule has 0 radical (unpaired) electrons. The van der Waals surface area contributed by atoms with Gasteiger partial charge in [0, 0.05) is 11.3 Å². The van der Waals surface area contributed by atoms with Crippen LogP contribution in [-0.2, 0) is 16.0 Å². The predicted molar refractivity (Wildman–Crippen MR) is 99.8 cm³/mol. The van der Waals surface area contributed by atoms with E-state index in [9.17, 15) is 14.4 Å². The third kappa shape index (κ3) is 5.74. The monoisotopic (exact) mass is 371 g/mol. The fourth-order valence-electron chi connectivity index (χ4n) is 2.36. The number of amides is 3. The standard InChI is InChI=1S/C19H21N3O5/c1-26-15-8-3-12(9-16(15)27-2)10-18(24)22-14-6-4-13(5-7-14)19(25)21-11-17(20)23/h3-9H,10-11H2,1-2H3,(H2,20,23)(H,21,25)(H,22,24). The molecule has 0 saturated carbocycles. The molecule has 0 aliphatic heterocycles. The number of nitrogens with one attached hydrogen (secondary N) is 2. The van der Waals surface area contributed by atoms with E-state index < -0.39 is 11.8 Å². The second-order valence-corrected chi connectivity index (χ2v) is 5.64.